The number of nitrogens with zero attached hydrogens (tertiary/aromatic N) is 2. The standard InChI is InChI=1S/C19H19N3O4S/c1-12(18-4-3-7-27-18)22(2)19(23)15-8-13(20-21-15)10-24-14-5-6-16-17(9-14)26-11-25-16/h3-9,12H,10-11H2,1-2H3,(H,20,21)/t12-/m0/s1. The van der Waals surface area contributed by atoms with Gasteiger partial charge in [0.05, 0.1) is 11.7 Å². The number of thiophene rings is 1. The fraction of sp³-hybridized carbons (Fsp3) is 0.263. The first-order valence-corrected chi connectivity index (χ1v) is 9.37. The Bertz CT molecular complexity index is 938. The average Bonchev–Trinajstić information content (AvgIpc) is 3.45. The highest BCUT2D eigenvalue weighted by Crippen LogP contribution is 2.35. The molecule has 0 radical (unpaired) electrons. The maximum Gasteiger partial charge on any atom is 0.274 e. The van der Waals surface area contributed by atoms with Crippen LogP contribution in [0.1, 0.15) is 34.0 Å². The minimum atomic E-state index is -0.138. The molecule has 140 valence electrons. The van der Waals surface area contributed by atoms with Gasteiger partial charge in [-0.2, -0.15) is 5.10 Å². The van der Waals surface area contributed by atoms with E-state index in [1.165, 1.54) is 0 Å². The highest BCUT2D eigenvalue weighted by atomic mass is 32.1. The number of hydrogen-bond donors (Lipinski definition) is 1. The van der Waals surface area contributed by atoms with E-state index in [1.807, 2.05) is 30.5 Å². The number of nitrogens with one attached hydrogen (secondary N) is 1. The van der Waals surface area contributed by atoms with E-state index in [0.717, 1.165) is 4.88 Å². The lowest BCUT2D eigenvalue weighted by atomic mass is 10.2. The Balaban J connectivity index is 1.38. The molecule has 0 unspecified atom stereocenters. The molecule has 1 aromatic carbocycles. The van der Waals surface area contributed by atoms with Gasteiger partial charge in [-0.25, -0.2) is 0 Å². The first kappa shape index (κ1) is 17.4. The summed E-state index contributed by atoms with van der Waals surface area (Å²) in [6.07, 6.45) is 0. The van der Waals surface area contributed by atoms with Crippen molar-refractivity contribution in [2.75, 3.05) is 13.8 Å². The van der Waals surface area contributed by atoms with Gasteiger partial charge in [0.25, 0.3) is 5.91 Å². The number of aromatic amines is 1. The normalized spacial score (nSPS) is 13.4. The van der Waals surface area contributed by atoms with Gasteiger partial charge < -0.3 is 19.1 Å². The van der Waals surface area contributed by atoms with Crippen molar-refractivity contribution in [3.63, 3.8) is 0 Å². The smallest absolute Gasteiger partial charge is 0.274 e. The second kappa shape index (κ2) is 7.32. The zero-order valence-electron chi connectivity index (χ0n) is 15.0. The largest absolute Gasteiger partial charge is 0.487 e. The lowest BCUT2D eigenvalue weighted by molar-refractivity contribution is 0.0739. The van der Waals surface area contributed by atoms with E-state index >= 15 is 0 Å². The number of ether oxygens (including phenoxy) is 3. The van der Waals surface area contributed by atoms with Crippen LogP contribution in [0.15, 0.2) is 41.8 Å². The molecule has 1 atom stereocenters. The van der Waals surface area contributed by atoms with Gasteiger partial charge in [-0.05, 0) is 36.6 Å². The Kier molecular flexibility index (Phi) is 4.72. The molecule has 27 heavy (non-hydrogen) atoms. The third-order valence-corrected chi connectivity index (χ3v) is 5.49. The van der Waals surface area contributed by atoms with E-state index in [0.29, 0.717) is 28.6 Å². The van der Waals surface area contributed by atoms with E-state index in [9.17, 15) is 4.79 Å². The van der Waals surface area contributed by atoms with Crippen molar-refractivity contribution < 1.29 is 19.0 Å². The first-order valence-electron chi connectivity index (χ1n) is 8.49. The number of hydrogen-bond acceptors (Lipinski definition) is 6. The molecule has 1 aliphatic rings. The van der Waals surface area contributed by atoms with Gasteiger partial charge in [-0.1, -0.05) is 6.07 Å². The Hall–Kier alpha value is -3.00. The van der Waals surface area contributed by atoms with Crippen LogP contribution in [0.2, 0.25) is 0 Å². The predicted octanol–water partition coefficient (Wildman–Crippen LogP) is 3.61. The number of aromatic nitrogens is 2. The summed E-state index contributed by atoms with van der Waals surface area (Å²) >= 11 is 1.63. The SMILES string of the molecule is C[C@@H](c1cccs1)N(C)C(=O)c1cc(COc2ccc3c(c2)OCO3)[nH]n1. The number of rotatable bonds is 6. The molecule has 4 rings (SSSR count). The molecule has 2 aromatic heterocycles. The van der Waals surface area contributed by atoms with Gasteiger partial charge in [0.2, 0.25) is 6.79 Å². The van der Waals surface area contributed by atoms with Gasteiger partial charge in [0.1, 0.15) is 12.4 Å². The molecule has 1 N–H and O–H groups in total. The van der Waals surface area contributed by atoms with Gasteiger partial charge in [-0.15, -0.1) is 11.3 Å². The van der Waals surface area contributed by atoms with Crippen LogP contribution in [0.5, 0.6) is 17.2 Å². The summed E-state index contributed by atoms with van der Waals surface area (Å²) in [6.45, 7) is 2.49. The summed E-state index contributed by atoms with van der Waals surface area (Å²) in [6, 6.07) is 11.1. The second-order valence-electron chi connectivity index (χ2n) is 6.19. The van der Waals surface area contributed by atoms with Crippen LogP contribution in [0, 0.1) is 0 Å². The van der Waals surface area contributed by atoms with Crippen LogP contribution >= 0.6 is 11.3 Å². The lowest BCUT2D eigenvalue weighted by Crippen LogP contribution is -2.29. The maximum absolute atomic E-state index is 12.7. The molecule has 0 spiro atoms. The van der Waals surface area contributed by atoms with E-state index in [4.69, 9.17) is 14.2 Å². The van der Waals surface area contributed by atoms with Crippen molar-refractivity contribution in [3.8, 4) is 17.2 Å². The fourth-order valence-corrected chi connectivity index (χ4v) is 3.58. The lowest BCUT2D eigenvalue weighted by Gasteiger charge is -2.23. The van der Waals surface area contributed by atoms with Crippen molar-refractivity contribution >= 4 is 17.2 Å². The second-order valence-corrected chi connectivity index (χ2v) is 7.17. The van der Waals surface area contributed by atoms with Crippen molar-refractivity contribution in [3.05, 3.63) is 58.0 Å². The van der Waals surface area contributed by atoms with Crippen LogP contribution in [0.4, 0.5) is 0 Å². The minimum absolute atomic E-state index is 0.0115. The molecule has 0 fully saturated rings. The molecular formula is C19H19N3O4S. The van der Waals surface area contributed by atoms with Crippen LogP contribution < -0.4 is 14.2 Å². The predicted molar refractivity (Wildman–Crippen MR) is 100 cm³/mol. The number of amides is 1. The van der Waals surface area contributed by atoms with Crippen LogP contribution in [0.3, 0.4) is 0 Å². The van der Waals surface area contributed by atoms with Gasteiger partial charge in [0.15, 0.2) is 17.2 Å². The molecule has 1 aliphatic heterocycles. The summed E-state index contributed by atoms with van der Waals surface area (Å²) in [4.78, 5) is 15.5. The summed E-state index contributed by atoms with van der Waals surface area (Å²) < 4.78 is 16.4. The Morgan fingerprint density at radius 1 is 1.33 bits per heavy atom. The Morgan fingerprint density at radius 2 is 2.19 bits per heavy atom. The van der Waals surface area contributed by atoms with E-state index < -0.39 is 0 Å². The number of carbonyl (C=O) groups excluding carboxylic acids is 1. The Morgan fingerprint density at radius 3 is 3.00 bits per heavy atom. The van der Waals surface area contributed by atoms with E-state index in [-0.39, 0.29) is 25.3 Å². The average molecular weight is 385 g/mol. The zero-order valence-corrected chi connectivity index (χ0v) is 15.8. The summed E-state index contributed by atoms with van der Waals surface area (Å²) in [5.41, 5.74) is 1.08. The molecule has 0 saturated heterocycles. The van der Waals surface area contributed by atoms with E-state index in [1.54, 1.807) is 41.5 Å². The molecule has 3 aromatic rings. The zero-order chi connectivity index (χ0) is 18.8. The molecule has 1 amide bonds. The van der Waals surface area contributed by atoms with Crippen LogP contribution in [-0.2, 0) is 6.61 Å². The van der Waals surface area contributed by atoms with Crippen molar-refractivity contribution in [2.45, 2.75) is 19.6 Å². The number of H-pyrrole nitrogens is 1. The van der Waals surface area contributed by atoms with Crippen molar-refractivity contribution in [1.29, 1.82) is 0 Å². The highest BCUT2D eigenvalue weighted by Gasteiger charge is 2.22. The third kappa shape index (κ3) is 3.61. The van der Waals surface area contributed by atoms with Crippen LogP contribution in [0.25, 0.3) is 0 Å². The first-order chi connectivity index (χ1) is 13.1. The van der Waals surface area contributed by atoms with Gasteiger partial charge in [-0.3, -0.25) is 9.89 Å². The summed E-state index contributed by atoms with van der Waals surface area (Å²) in [7, 11) is 1.78. The number of benzene rings is 1. The van der Waals surface area contributed by atoms with Crippen molar-refractivity contribution in [2.24, 2.45) is 0 Å². The number of carbonyl (C=O) groups is 1. The quantitative estimate of drug-likeness (QED) is 0.701. The highest BCUT2D eigenvalue weighted by molar-refractivity contribution is 7.10. The minimum Gasteiger partial charge on any atom is -0.487 e. The molecule has 0 aliphatic carbocycles. The topological polar surface area (TPSA) is 76.7 Å². The van der Waals surface area contributed by atoms with Crippen LogP contribution in [-0.4, -0.2) is 34.8 Å². The molecule has 8 heteroatoms. The molecule has 0 saturated carbocycles. The summed E-state index contributed by atoms with van der Waals surface area (Å²) in [5.74, 6) is 1.89. The summed E-state index contributed by atoms with van der Waals surface area (Å²) in [5, 5.41) is 9.00. The van der Waals surface area contributed by atoms with Gasteiger partial charge >= 0.3 is 0 Å². The molecule has 0 bridgehead atoms. The van der Waals surface area contributed by atoms with Crippen molar-refractivity contribution in [1.82, 2.24) is 15.1 Å². The molecule has 3 heterocycles. The Labute approximate surface area is 160 Å². The monoisotopic (exact) mass is 385 g/mol. The third-order valence-electron chi connectivity index (χ3n) is 4.44. The molecular weight excluding hydrogens is 366 g/mol. The van der Waals surface area contributed by atoms with E-state index in [2.05, 4.69) is 10.2 Å². The fourth-order valence-electron chi connectivity index (χ4n) is 2.75. The maximum atomic E-state index is 12.7. The molecule has 7 nitrogen and oxygen atoms in total. The van der Waals surface area contributed by atoms with Gasteiger partial charge in [0, 0.05) is 18.0 Å². The number of fused-ring (bicyclic) bond motifs is 1.